The van der Waals surface area contributed by atoms with E-state index in [2.05, 4.69) is 70.9 Å². The van der Waals surface area contributed by atoms with Gasteiger partial charge in [0.1, 0.15) is 5.75 Å². The molecule has 1 fully saturated rings. The van der Waals surface area contributed by atoms with Gasteiger partial charge < -0.3 is 19.5 Å². The van der Waals surface area contributed by atoms with Gasteiger partial charge in [0.25, 0.3) is 0 Å². The summed E-state index contributed by atoms with van der Waals surface area (Å²) < 4.78 is 7.95. The Labute approximate surface area is 222 Å². The fraction of sp³-hybridized carbons (Fsp3) is 0.241. The van der Waals surface area contributed by atoms with E-state index in [1.807, 2.05) is 49.5 Å². The average molecular weight is 517 g/mol. The number of rotatable bonds is 6. The maximum absolute atomic E-state index is 6.50. The molecule has 1 aliphatic rings. The lowest BCUT2D eigenvalue weighted by molar-refractivity contribution is 0.340. The molecule has 0 radical (unpaired) electrons. The third-order valence-electron chi connectivity index (χ3n) is 6.79. The summed E-state index contributed by atoms with van der Waals surface area (Å²) in [6.45, 7) is 8.97. The minimum absolute atomic E-state index is 0.0928. The van der Waals surface area contributed by atoms with Gasteiger partial charge in [-0.2, -0.15) is 0 Å². The molecule has 184 valence electrons. The number of benzene rings is 2. The number of nitrogens with one attached hydrogen (secondary N) is 1. The van der Waals surface area contributed by atoms with Crippen LogP contribution in [0, 0.1) is 20.8 Å². The van der Waals surface area contributed by atoms with E-state index < -0.39 is 0 Å². The third-order valence-corrected chi connectivity index (χ3v) is 7.52. The molecule has 0 bridgehead atoms. The first-order valence-corrected chi connectivity index (χ1v) is 12.9. The summed E-state index contributed by atoms with van der Waals surface area (Å²) in [7, 11) is 0. The molecule has 0 aliphatic carbocycles. The molecule has 4 aromatic rings. The molecule has 0 unspecified atom stereocenters. The van der Waals surface area contributed by atoms with Crippen molar-refractivity contribution >= 4 is 34.6 Å². The van der Waals surface area contributed by atoms with Gasteiger partial charge in [-0.25, -0.2) is 0 Å². The van der Waals surface area contributed by atoms with E-state index in [4.69, 9.17) is 28.6 Å². The lowest BCUT2D eigenvalue weighted by Gasteiger charge is -2.28. The van der Waals surface area contributed by atoms with Crippen LogP contribution in [0.2, 0.25) is 5.02 Å². The largest absolute Gasteiger partial charge is 0.494 e. The van der Waals surface area contributed by atoms with Crippen LogP contribution in [0.1, 0.15) is 47.2 Å². The molecule has 5 nitrogen and oxygen atoms in total. The van der Waals surface area contributed by atoms with E-state index >= 15 is 0 Å². The van der Waals surface area contributed by atoms with Crippen molar-refractivity contribution in [1.82, 2.24) is 14.9 Å². The molecule has 1 N–H and O–H groups in total. The normalized spacial score (nSPS) is 17.4. The molecule has 0 saturated carbocycles. The van der Waals surface area contributed by atoms with Crippen LogP contribution in [0.5, 0.6) is 5.75 Å². The summed E-state index contributed by atoms with van der Waals surface area (Å²) in [4.78, 5) is 6.88. The van der Waals surface area contributed by atoms with Gasteiger partial charge in [0.15, 0.2) is 5.11 Å². The number of aryl methyl sites for hydroxylation is 1. The van der Waals surface area contributed by atoms with Crippen molar-refractivity contribution in [2.45, 2.75) is 39.8 Å². The molecular weight excluding hydrogens is 488 g/mol. The smallest absolute Gasteiger partial charge is 0.174 e. The topological polar surface area (TPSA) is 42.3 Å². The van der Waals surface area contributed by atoms with Gasteiger partial charge in [0.05, 0.1) is 24.4 Å². The van der Waals surface area contributed by atoms with Crippen LogP contribution in [0.15, 0.2) is 72.9 Å². The Bertz CT molecular complexity index is 1400. The summed E-state index contributed by atoms with van der Waals surface area (Å²) in [5, 5.41) is 4.98. The summed E-state index contributed by atoms with van der Waals surface area (Å²) in [5.74, 6) is 0.840. The predicted octanol–water partition coefficient (Wildman–Crippen LogP) is 7.03. The molecule has 36 heavy (non-hydrogen) atoms. The number of aromatic nitrogens is 2. The Morgan fingerprint density at radius 2 is 1.81 bits per heavy atom. The summed E-state index contributed by atoms with van der Waals surface area (Å²) >= 11 is 12.4. The molecular formula is C29H29ClN4OS. The van der Waals surface area contributed by atoms with Crippen LogP contribution < -0.4 is 15.0 Å². The standard InChI is InChI=1S/C29H29ClN4OS/c1-5-35-22-14-12-21(13-15-22)34-28(27(32-29(34)36)25-10-6-7-16-31-25)23-17-18(2)33(20(23)4)26-11-8-9-24(30)19(26)3/h6-17,27-28H,5H2,1-4H3,(H,32,36)/t27-,28+/m1/s1. The van der Waals surface area contributed by atoms with Gasteiger partial charge in [-0.15, -0.1) is 0 Å². The zero-order chi connectivity index (χ0) is 25.4. The Kier molecular flexibility index (Phi) is 6.73. The maximum atomic E-state index is 6.50. The summed E-state index contributed by atoms with van der Waals surface area (Å²) in [6, 6.07) is 22.2. The maximum Gasteiger partial charge on any atom is 0.174 e. The molecule has 2 atom stereocenters. The number of anilines is 1. The molecule has 7 heteroatoms. The highest BCUT2D eigenvalue weighted by atomic mass is 35.5. The number of hydrogen-bond acceptors (Lipinski definition) is 3. The number of nitrogens with zero attached hydrogens (tertiary/aromatic N) is 3. The number of pyridine rings is 1. The minimum atomic E-state index is -0.111. The first kappa shape index (κ1) is 24.3. The van der Waals surface area contributed by atoms with Crippen molar-refractivity contribution in [1.29, 1.82) is 0 Å². The van der Waals surface area contributed by atoms with E-state index in [0.717, 1.165) is 44.8 Å². The van der Waals surface area contributed by atoms with Crippen molar-refractivity contribution in [3.63, 3.8) is 0 Å². The van der Waals surface area contributed by atoms with E-state index in [1.54, 1.807) is 0 Å². The van der Waals surface area contributed by atoms with Crippen LogP contribution >= 0.6 is 23.8 Å². The minimum Gasteiger partial charge on any atom is -0.494 e. The van der Waals surface area contributed by atoms with Gasteiger partial charge in [0, 0.05) is 34.0 Å². The third kappa shape index (κ3) is 4.25. The van der Waals surface area contributed by atoms with Crippen LogP contribution in [-0.2, 0) is 0 Å². The van der Waals surface area contributed by atoms with Gasteiger partial charge >= 0.3 is 0 Å². The Morgan fingerprint density at radius 1 is 1.03 bits per heavy atom. The van der Waals surface area contributed by atoms with Crippen LogP contribution in [0.25, 0.3) is 5.69 Å². The highest BCUT2D eigenvalue weighted by Gasteiger charge is 2.42. The molecule has 1 aliphatic heterocycles. The zero-order valence-corrected chi connectivity index (χ0v) is 22.4. The highest BCUT2D eigenvalue weighted by Crippen LogP contribution is 2.44. The number of ether oxygens (including phenoxy) is 1. The molecule has 1 saturated heterocycles. The highest BCUT2D eigenvalue weighted by molar-refractivity contribution is 7.80. The van der Waals surface area contributed by atoms with Crippen LogP contribution in [0.4, 0.5) is 5.69 Å². The van der Waals surface area contributed by atoms with E-state index in [9.17, 15) is 0 Å². The number of thiocarbonyl (C=S) groups is 1. The Balaban J connectivity index is 1.66. The summed E-state index contributed by atoms with van der Waals surface area (Å²) in [6.07, 6.45) is 1.83. The second-order valence-electron chi connectivity index (χ2n) is 8.97. The van der Waals surface area contributed by atoms with Gasteiger partial charge in [-0.3, -0.25) is 4.98 Å². The number of hydrogen-bond donors (Lipinski definition) is 1. The quantitative estimate of drug-likeness (QED) is 0.279. The predicted molar refractivity (Wildman–Crippen MR) is 151 cm³/mol. The van der Waals surface area contributed by atoms with E-state index in [-0.39, 0.29) is 12.1 Å². The van der Waals surface area contributed by atoms with E-state index in [0.29, 0.717) is 11.7 Å². The first-order chi connectivity index (χ1) is 17.4. The van der Waals surface area contributed by atoms with Crippen molar-refractivity contribution < 1.29 is 4.74 Å². The monoisotopic (exact) mass is 516 g/mol. The Morgan fingerprint density at radius 3 is 2.50 bits per heavy atom. The molecule has 2 aromatic carbocycles. The molecule has 0 spiro atoms. The van der Waals surface area contributed by atoms with Gasteiger partial charge in [-0.05, 0) is 106 Å². The second kappa shape index (κ2) is 9.96. The molecule has 0 amide bonds. The second-order valence-corrected chi connectivity index (χ2v) is 9.76. The van der Waals surface area contributed by atoms with Crippen molar-refractivity contribution in [2.75, 3.05) is 11.5 Å². The fourth-order valence-electron chi connectivity index (χ4n) is 5.11. The first-order valence-electron chi connectivity index (χ1n) is 12.1. The average Bonchev–Trinajstić information content (AvgIpc) is 3.37. The van der Waals surface area contributed by atoms with E-state index in [1.165, 1.54) is 5.56 Å². The summed E-state index contributed by atoms with van der Waals surface area (Å²) in [5.41, 5.74) is 7.55. The fourth-order valence-corrected chi connectivity index (χ4v) is 5.63. The van der Waals surface area contributed by atoms with Crippen LogP contribution in [-0.4, -0.2) is 21.3 Å². The number of halogens is 1. The Hall–Kier alpha value is -3.35. The zero-order valence-electron chi connectivity index (χ0n) is 20.8. The van der Waals surface area contributed by atoms with Gasteiger partial charge in [-0.1, -0.05) is 23.7 Å². The molecule has 2 aromatic heterocycles. The van der Waals surface area contributed by atoms with Gasteiger partial charge in [0.2, 0.25) is 0 Å². The van der Waals surface area contributed by atoms with Crippen molar-refractivity contribution in [3.8, 4) is 11.4 Å². The molecule has 3 heterocycles. The SMILES string of the molecule is CCOc1ccc(N2C(=S)N[C@H](c3ccccn3)[C@@H]2c2cc(C)n(-c3cccc(Cl)c3C)c2C)cc1. The van der Waals surface area contributed by atoms with Crippen LogP contribution in [0.3, 0.4) is 0 Å². The van der Waals surface area contributed by atoms with Crippen molar-refractivity contribution in [2.24, 2.45) is 0 Å². The lowest BCUT2D eigenvalue weighted by Crippen LogP contribution is -2.29. The molecule has 5 rings (SSSR count). The van der Waals surface area contributed by atoms with Crippen molar-refractivity contribution in [3.05, 3.63) is 106 Å². The lowest BCUT2D eigenvalue weighted by atomic mass is 9.96.